The Morgan fingerprint density at radius 2 is 1.71 bits per heavy atom. The molecule has 0 fully saturated rings. The quantitative estimate of drug-likeness (QED) is 0.561. The van der Waals surface area contributed by atoms with Crippen LogP contribution in [-0.4, -0.2) is 32.2 Å². The lowest BCUT2D eigenvalue weighted by atomic mass is 10.1. The van der Waals surface area contributed by atoms with Crippen molar-refractivity contribution in [2.45, 2.75) is 19.3 Å². The van der Waals surface area contributed by atoms with E-state index in [4.69, 9.17) is 10.2 Å². The number of carbonyl (C=O) groups excluding carboxylic acids is 1. The van der Waals surface area contributed by atoms with Gasteiger partial charge in [0.25, 0.3) is 0 Å². The number of aliphatic hydroxyl groups excluding tert-OH is 1. The number of halogens is 1. The Morgan fingerprint density at radius 1 is 1.12 bits per heavy atom. The van der Waals surface area contributed by atoms with E-state index in [9.17, 15) is 14.7 Å². The Balaban J connectivity index is 0.000000498. The van der Waals surface area contributed by atoms with Crippen molar-refractivity contribution in [1.82, 2.24) is 4.98 Å². The molecule has 0 aliphatic rings. The number of nitrogens with zero attached hydrogens (tertiary/aromatic N) is 1. The normalized spacial score (nSPS) is 11.8. The molecule has 130 valence electrons. The summed E-state index contributed by atoms with van der Waals surface area (Å²) in [6, 6.07) is 12.9. The van der Waals surface area contributed by atoms with Gasteiger partial charge in [-0.15, -0.1) is 12.4 Å². The number of pyridine rings is 1. The molecule has 1 heterocycles. The molecule has 0 saturated carbocycles. The monoisotopic (exact) mass is 355 g/mol. The summed E-state index contributed by atoms with van der Waals surface area (Å²) in [5.41, 5.74) is 0.709. The summed E-state index contributed by atoms with van der Waals surface area (Å²) in [7, 11) is 0. The summed E-state index contributed by atoms with van der Waals surface area (Å²) in [5.74, 6) is -5.12. The topological polar surface area (TPSA) is 117 Å². The lowest BCUT2D eigenvalue weighted by Crippen LogP contribution is -2.39. The van der Waals surface area contributed by atoms with Gasteiger partial charge in [0.2, 0.25) is 0 Å². The van der Waals surface area contributed by atoms with Crippen molar-refractivity contribution in [3.63, 3.8) is 0 Å². The van der Waals surface area contributed by atoms with Gasteiger partial charge >= 0.3 is 17.7 Å². The zero-order valence-corrected chi connectivity index (χ0v) is 13.6. The van der Waals surface area contributed by atoms with Crippen LogP contribution in [0.3, 0.4) is 0 Å². The fraction of sp³-hybridized carbons (Fsp3) is 0.188. The van der Waals surface area contributed by atoms with Gasteiger partial charge in [-0.05, 0) is 12.1 Å². The molecular formula is C16H18ClNO6. The van der Waals surface area contributed by atoms with Crippen LogP contribution in [0.1, 0.15) is 18.2 Å². The van der Waals surface area contributed by atoms with Crippen LogP contribution in [0.2, 0.25) is 0 Å². The van der Waals surface area contributed by atoms with Crippen LogP contribution in [0.4, 0.5) is 0 Å². The maximum Gasteiger partial charge on any atom is 0.382 e. The van der Waals surface area contributed by atoms with Gasteiger partial charge in [-0.3, -0.25) is 9.78 Å². The molecule has 1 unspecified atom stereocenters. The number of rotatable bonds is 4. The third-order valence-corrected chi connectivity index (χ3v) is 2.63. The summed E-state index contributed by atoms with van der Waals surface area (Å²) < 4.78 is 4.40. The number of aromatic nitrogens is 1. The first kappa shape index (κ1) is 21.5. The maximum atomic E-state index is 10.8. The number of carboxylic acids is 1. The Hall–Kier alpha value is -2.48. The van der Waals surface area contributed by atoms with Crippen LogP contribution >= 0.6 is 12.4 Å². The van der Waals surface area contributed by atoms with Gasteiger partial charge in [0.1, 0.15) is 0 Å². The third kappa shape index (κ3) is 6.33. The van der Waals surface area contributed by atoms with E-state index >= 15 is 0 Å². The largest absolute Gasteiger partial charge is 0.476 e. The number of ether oxygens (including phenoxy) is 1. The molecule has 3 N–H and O–H groups in total. The third-order valence-electron chi connectivity index (χ3n) is 2.63. The van der Waals surface area contributed by atoms with Gasteiger partial charge < -0.3 is 20.1 Å². The number of aliphatic hydroxyl groups is 2. The van der Waals surface area contributed by atoms with Gasteiger partial charge in [-0.25, -0.2) is 4.79 Å². The highest BCUT2D eigenvalue weighted by Gasteiger charge is 2.41. The van der Waals surface area contributed by atoms with Gasteiger partial charge in [0.15, 0.2) is 0 Å². The first-order chi connectivity index (χ1) is 10.9. The molecule has 1 aromatic heterocycles. The molecule has 1 aromatic carbocycles. The average molecular weight is 356 g/mol. The average Bonchev–Trinajstić information content (AvgIpc) is 2.56. The van der Waals surface area contributed by atoms with E-state index in [0.29, 0.717) is 5.69 Å². The molecule has 0 radical (unpaired) electrons. The van der Waals surface area contributed by atoms with E-state index in [-0.39, 0.29) is 24.6 Å². The van der Waals surface area contributed by atoms with Crippen molar-refractivity contribution < 1.29 is 29.6 Å². The molecule has 0 amide bonds. The zero-order valence-electron chi connectivity index (χ0n) is 12.8. The summed E-state index contributed by atoms with van der Waals surface area (Å²) >= 11 is 0. The molecule has 0 spiro atoms. The number of carbonyl (C=O) groups is 2. The molecule has 0 bridgehead atoms. The van der Waals surface area contributed by atoms with Crippen LogP contribution < -0.4 is 0 Å². The summed E-state index contributed by atoms with van der Waals surface area (Å²) in [6.07, 6.45) is 1.66. The minimum atomic E-state index is -2.62. The number of benzene rings is 1. The molecule has 8 heteroatoms. The van der Waals surface area contributed by atoms with Crippen molar-refractivity contribution in [1.29, 1.82) is 0 Å². The maximum absolute atomic E-state index is 10.8. The Labute approximate surface area is 145 Å². The lowest BCUT2D eigenvalue weighted by molar-refractivity contribution is -0.226. The molecule has 7 nitrogen and oxygen atoms in total. The molecule has 24 heavy (non-hydrogen) atoms. The summed E-state index contributed by atoms with van der Waals surface area (Å²) in [6.45, 7) is 1.05. The van der Waals surface area contributed by atoms with Crippen LogP contribution in [-0.2, 0) is 26.7 Å². The van der Waals surface area contributed by atoms with Gasteiger partial charge in [0, 0.05) is 18.7 Å². The predicted molar refractivity (Wildman–Crippen MR) is 87.1 cm³/mol. The number of esters is 1. The standard InChI is InChI=1S/C10H10O5.C6H7NO.ClH/c1-7(11)15-10(14,9(12)13)8-5-3-2-4-6-8;8-5-6-3-1-2-4-7-6;/h2-6,14H,1H3,(H,12,13);1-4,8H,5H2;1H. The summed E-state index contributed by atoms with van der Waals surface area (Å²) in [5, 5.41) is 27.0. The van der Waals surface area contributed by atoms with Crippen LogP contribution in [0, 0.1) is 0 Å². The Kier molecular flexibility index (Phi) is 9.26. The first-order valence-corrected chi connectivity index (χ1v) is 6.61. The minimum Gasteiger partial charge on any atom is -0.476 e. The van der Waals surface area contributed by atoms with E-state index in [2.05, 4.69) is 9.72 Å². The SMILES string of the molecule is CC(=O)OC(O)(C(=O)O)c1ccccc1.Cl.OCc1ccccn1. The molecule has 2 aromatic rings. The molecular weight excluding hydrogens is 338 g/mol. The zero-order chi connectivity index (χ0) is 17.3. The minimum absolute atomic E-state index is 0. The second kappa shape index (κ2) is 10.3. The molecule has 0 aliphatic carbocycles. The fourth-order valence-electron chi connectivity index (χ4n) is 1.59. The van der Waals surface area contributed by atoms with Crippen molar-refractivity contribution >= 4 is 24.3 Å². The molecule has 1 atom stereocenters. The number of hydrogen-bond acceptors (Lipinski definition) is 6. The molecule has 2 rings (SSSR count). The van der Waals surface area contributed by atoms with Gasteiger partial charge in [0.05, 0.1) is 12.3 Å². The van der Waals surface area contributed by atoms with Gasteiger partial charge in [-0.2, -0.15) is 0 Å². The highest BCUT2D eigenvalue weighted by Crippen LogP contribution is 2.22. The highest BCUT2D eigenvalue weighted by atomic mass is 35.5. The predicted octanol–water partition coefficient (Wildman–Crippen LogP) is 1.48. The molecule has 0 aliphatic heterocycles. The second-order valence-corrected chi connectivity index (χ2v) is 4.39. The van der Waals surface area contributed by atoms with Crippen molar-refractivity contribution in [2.75, 3.05) is 0 Å². The number of aliphatic carboxylic acids is 1. The second-order valence-electron chi connectivity index (χ2n) is 4.39. The van der Waals surface area contributed by atoms with Crippen LogP contribution in [0.25, 0.3) is 0 Å². The highest BCUT2D eigenvalue weighted by molar-refractivity contribution is 5.85. The smallest absolute Gasteiger partial charge is 0.382 e. The Bertz CT molecular complexity index is 638. The van der Waals surface area contributed by atoms with E-state index in [0.717, 1.165) is 6.92 Å². The fourth-order valence-corrected chi connectivity index (χ4v) is 1.59. The summed E-state index contributed by atoms with van der Waals surface area (Å²) in [4.78, 5) is 25.4. The van der Waals surface area contributed by atoms with Crippen LogP contribution in [0.5, 0.6) is 0 Å². The van der Waals surface area contributed by atoms with Gasteiger partial charge in [-0.1, -0.05) is 36.4 Å². The van der Waals surface area contributed by atoms with Crippen molar-refractivity contribution in [2.24, 2.45) is 0 Å². The number of hydrogen-bond donors (Lipinski definition) is 3. The molecule has 0 saturated heterocycles. The Morgan fingerprint density at radius 3 is 2.08 bits per heavy atom. The first-order valence-electron chi connectivity index (χ1n) is 6.61. The van der Waals surface area contributed by atoms with E-state index in [1.807, 2.05) is 12.1 Å². The lowest BCUT2D eigenvalue weighted by Gasteiger charge is -2.22. The van der Waals surface area contributed by atoms with Crippen LogP contribution in [0.15, 0.2) is 54.7 Å². The van der Waals surface area contributed by atoms with E-state index in [1.54, 1.807) is 18.3 Å². The van der Waals surface area contributed by atoms with E-state index in [1.165, 1.54) is 24.3 Å². The van der Waals surface area contributed by atoms with Crippen molar-refractivity contribution in [3.8, 4) is 0 Å². The van der Waals surface area contributed by atoms with E-state index < -0.39 is 17.7 Å². The van der Waals surface area contributed by atoms with Crippen molar-refractivity contribution in [3.05, 3.63) is 66.0 Å². The number of carboxylic acid groups (broad SMARTS) is 1.